The van der Waals surface area contributed by atoms with Gasteiger partial charge in [0.05, 0.1) is 5.56 Å². The number of aromatic nitrogens is 1. The number of hydrogen-bond acceptors (Lipinski definition) is 2. The summed E-state index contributed by atoms with van der Waals surface area (Å²) >= 11 is 0. The van der Waals surface area contributed by atoms with E-state index in [-0.39, 0.29) is 16.8 Å². The lowest BCUT2D eigenvalue weighted by Crippen LogP contribution is -2.10. The van der Waals surface area contributed by atoms with Gasteiger partial charge in [-0.25, -0.2) is 0 Å². The molecule has 0 bridgehead atoms. The van der Waals surface area contributed by atoms with Gasteiger partial charge in [-0.3, -0.25) is 9.78 Å². The second kappa shape index (κ2) is 4.84. The van der Waals surface area contributed by atoms with Crippen molar-refractivity contribution in [3.63, 3.8) is 0 Å². The van der Waals surface area contributed by atoms with Crippen LogP contribution in [0.5, 0.6) is 0 Å². The summed E-state index contributed by atoms with van der Waals surface area (Å²) in [7, 11) is 0. The van der Waals surface area contributed by atoms with Gasteiger partial charge in [0.25, 0.3) is 0 Å². The van der Waals surface area contributed by atoms with Crippen LogP contribution in [0, 0.1) is 6.92 Å². The lowest BCUT2D eigenvalue weighted by molar-refractivity contribution is -0.138. The van der Waals surface area contributed by atoms with Crippen molar-refractivity contribution >= 4 is 5.78 Å². The Morgan fingerprint density at radius 3 is 2.42 bits per heavy atom. The number of ketones is 1. The van der Waals surface area contributed by atoms with Crippen LogP contribution >= 0.6 is 0 Å². The van der Waals surface area contributed by atoms with E-state index in [1.165, 1.54) is 31.3 Å². The van der Waals surface area contributed by atoms with Crippen LogP contribution in [0.3, 0.4) is 0 Å². The second-order valence-electron chi connectivity index (χ2n) is 4.07. The van der Waals surface area contributed by atoms with E-state index >= 15 is 0 Å². The Labute approximate surface area is 107 Å². The van der Waals surface area contributed by atoms with Gasteiger partial charge in [-0.1, -0.05) is 12.1 Å². The number of hydrogen-bond donors (Lipinski definition) is 0. The Morgan fingerprint density at radius 2 is 1.89 bits per heavy atom. The van der Waals surface area contributed by atoms with Crippen molar-refractivity contribution in [1.29, 1.82) is 0 Å². The van der Waals surface area contributed by atoms with E-state index in [0.29, 0.717) is 0 Å². The van der Waals surface area contributed by atoms with Crippen molar-refractivity contribution in [3.8, 4) is 0 Å². The smallest absolute Gasteiger partial charge is 0.287 e. The fourth-order valence-corrected chi connectivity index (χ4v) is 1.77. The molecule has 0 aliphatic rings. The summed E-state index contributed by atoms with van der Waals surface area (Å²) in [5, 5.41) is 0. The molecule has 0 saturated carbocycles. The monoisotopic (exact) mass is 265 g/mol. The normalized spacial score (nSPS) is 11.4. The SMILES string of the molecule is Cc1cc(C(=O)c2ccccn2)ccc1C(F)(F)F. The van der Waals surface area contributed by atoms with Gasteiger partial charge in [0.2, 0.25) is 5.78 Å². The van der Waals surface area contributed by atoms with Crippen LogP contribution in [0.15, 0.2) is 42.6 Å². The first-order valence-corrected chi connectivity index (χ1v) is 5.53. The lowest BCUT2D eigenvalue weighted by Gasteiger charge is -2.11. The molecular formula is C14H10F3NO. The maximum atomic E-state index is 12.6. The summed E-state index contributed by atoms with van der Waals surface area (Å²) in [5.41, 5.74) is -0.301. The molecule has 0 aliphatic carbocycles. The van der Waals surface area contributed by atoms with Gasteiger partial charge in [-0.15, -0.1) is 0 Å². The van der Waals surface area contributed by atoms with Crippen LogP contribution in [0.25, 0.3) is 0 Å². The summed E-state index contributed by atoms with van der Waals surface area (Å²) in [6, 6.07) is 8.17. The second-order valence-corrected chi connectivity index (χ2v) is 4.07. The Hall–Kier alpha value is -2.17. The molecule has 0 radical (unpaired) electrons. The Kier molecular flexibility index (Phi) is 3.38. The largest absolute Gasteiger partial charge is 0.416 e. The van der Waals surface area contributed by atoms with Crippen molar-refractivity contribution in [3.05, 3.63) is 65.0 Å². The number of pyridine rings is 1. The fraction of sp³-hybridized carbons (Fsp3) is 0.143. The average Bonchev–Trinajstić information content (AvgIpc) is 2.37. The Morgan fingerprint density at radius 1 is 1.16 bits per heavy atom. The predicted octanol–water partition coefficient (Wildman–Crippen LogP) is 3.64. The summed E-state index contributed by atoms with van der Waals surface area (Å²) in [6.07, 6.45) is -2.94. The van der Waals surface area contributed by atoms with Crippen LogP contribution < -0.4 is 0 Å². The number of carbonyl (C=O) groups excluding carboxylic acids is 1. The number of halogens is 3. The van der Waals surface area contributed by atoms with Crippen molar-refractivity contribution < 1.29 is 18.0 Å². The molecule has 5 heteroatoms. The van der Waals surface area contributed by atoms with Gasteiger partial charge >= 0.3 is 6.18 Å². The molecular weight excluding hydrogens is 255 g/mol. The molecule has 1 aromatic heterocycles. The number of aryl methyl sites for hydroxylation is 1. The highest BCUT2D eigenvalue weighted by Gasteiger charge is 2.32. The molecule has 98 valence electrons. The van der Waals surface area contributed by atoms with Gasteiger partial charge in [-0.2, -0.15) is 13.2 Å². The number of rotatable bonds is 2. The van der Waals surface area contributed by atoms with E-state index in [1.54, 1.807) is 12.1 Å². The van der Waals surface area contributed by atoms with Crippen LogP contribution in [-0.4, -0.2) is 10.8 Å². The minimum atomic E-state index is -4.41. The third-order valence-electron chi connectivity index (χ3n) is 2.69. The molecule has 0 unspecified atom stereocenters. The van der Waals surface area contributed by atoms with Gasteiger partial charge in [-0.05, 0) is 36.8 Å². The zero-order chi connectivity index (χ0) is 14.0. The van der Waals surface area contributed by atoms with Crippen molar-refractivity contribution in [2.24, 2.45) is 0 Å². The van der Waals surface area contributed by atoms with Gasteiger partial charge in [0.15, 0.2) is 0 Å². The fourth-order valence-electron chi connectivity index (χ4n) is 1.77. The zero-order valence-corrected chi connectivity index (χ0v) is 10.0. The lowest BCUT2D eigenvalue weighted by atomic mass is 10.0. The van der Waals surface area contributed by atoms with Crippen LogP contribution in [-0.2, 0) is 6.18 Å². The number of nitrogens with zero attached hydrogens (tertiary/aromatic N) is 1. The molecule has 1 aromatic carbocycles. The minimum absolute atomic E-state index is 0.0225. The summed E-state index contributed by atoms with van der Waals surface area (Å²) in [4.78, 5) is 15.9. The third kappa shape index (κ3) is 2.81. The predicted molar refractivity (Wildman–Crippen MR) is 63.9 cm³/mol. The number of carbonyl (C=O) groups is 1. The van der Waals surface area contributed by atoms with Crippen LogP contribution in [0.2, 0.25) is 0 Å². The first-order chi connectivity index (χ1) is 8.89. The van der Waals surface area contributed by atoms with Crippen molar-refractivity contribution in [2.75, 3.05) is 0 Å². The minimum Gasteiger partial charge on any atom is -0.287 e. The highest BCUT2D eigenvalue weighted by molar-refractivity contribution is 6.07. The molecule has 19 heavy (non-hydrogen) atoms. The van der Waals surface area contributed by atoms with Gasteiger partial charge in [0.1, 0.15) is 5.69 Å². The molecule has 1 heterocycles. The molecule has 0 atom stereocenters. The Balaban J connectivity index is 2.38. The molecule has 2 aromatic rings. The topological polar surface area (TPSA) is 30.0 Å². The molecule has 0 N–H and O–H groups in total. The van der Waals surface area contributed by atoms with Crippen molar-refractivity contribution in [1.82, 2.24) is 4.98 Å². The molecule has 0 fully saturated rings. The van der Waals surface area contributed by atoms with E-state index < -0.39 is 17.5 Å². The quantitative estimate of drug-likeness (QED) is 0.776. The number of alkyl halides is 3. The first-order valence-electron chi connectivity index (χ1n) is 5.53. The van der Waals surface area contributed by atoms with Gasteiger partial charge < -0.3 is 0 Å². The van der Waals surface area contributed by atoms with E-state index in [4.69, 9.17) is 0 Å². The summed E-state index contributed by atoms with van der Waals surface area (Å²) in [5.74, 6) is -0.391. The van der Waals surface area contributed by atoms with Crippen molar-refractivity contribution in [2.45, 2.75) is 13.1 Å². The maximum absolute atomic E-state index is 12.6. The summed E-state index contributed by atoms with van der Waals surface area (Å²) in [6.45, 7) is 1.33. The molecule has 0 spiro atoms. The summed E-state index contributed by atoms with van der Waals surface area (Å²) < 4.78 is 37.8. The number of benzene rings is 1. The molecule has 2 rings (SSSR count). The highest BCUT2D eigenvalue weighted by atomic mass is 19.4. The van der Waals surface area contributed by atoms with Crippen LogP contribution in [0.1, 0.15) is 27.2 Å². The molecule has 0 amide bonds. The van der Waals surface area contributed by atoms with E-state index in [2.05, 4.69) is 4.98 Å². The zero-order valence-electron chi connectivity index (χ0n) is 10.0. The van der Waals surface area contributed by atoms with Crippen LogP contribution in [0.4, 0.5) is 13.2 Å². The van der Waals surface area contributed by atoms with E-state index in [9.17, 15) is 18.0 Å². The molecule has 2 nitrogen and oxygen atoms in total. The Bertz CT molecular complexity index is 606. The third-order valence-corrected chi connectivity index (χ3v) is 2.69. The average molecular weight is 265 g/mol. The van der Waals surface area contributed by atoms with Gasteiger partial charge in [0, 0.05) is 11.8 Å². The highest BCUT2D eigenvalue weighted by Crippen LogP contribution is 2.32. The molecule has 0 saturated heterocycles. The standard InChI is InChI=1S/C14H10F3NO/c1-9-8-10(5-6-11(9)14(15,16)17)13(19)12-4-2-3-7-18-12/h2-8H,1H3. The molecule has 0 aliphatic heterocycles. The van der Waals surface area contributed by atoms with E-state index in [1.807, 2.05) is 0 Å². The maximum Gasteiger partial charge on any atom is 0.416 e. The van der Waals surface area contributed by atoms with E-state index in [0.717, 1.165) is 6.07 Å². The first kappa shape index (κ1) is 13.3.